The molecule has 1 heterocycles. The van der Waals surface area contributed by atoms with Gasteiger partial charge >= 0.3 is 0 Å². The number of fused-ring (bicyclic) bond motifs is 1. The molecule has 0 saturated heterocycles. The number of halogens is 3. The molecule has 1 amide bonds. The normalized spacial score (nSPS) is 11.7. The van der Waals surface area contributed by atoms with Gasteiger partial charge in [0.15, 0.2) is 26.6 Å². The second-order valence-electron chi connectivity index (χ2n) is 5.12. The van der Waals surface area contributed by atoms with Crippen LogP contribution in [0.1, 0.15) is 10.4 Å². The molecule has 3 aromatic rings. The van der Waals surface area contributed by atoms with Gasteiger partial charge in [0, 0.05) is 6.26 Å². The number of nitrogens with zero attached hydrogens (tertiary/aromatic N) is 1. The maximum absolute atomic E-state index is 13.3. The van der Waals surface area contributed by atoms with Gasteiger partial charge in [0.1, 0.15) is 0 Å². The Kier molecular flexibility index (Phi) is 4.48. The van der Waals surface area contributed by atoms with Crippen LogP contribution in [0.3, 0.4) is 0 Å². The van der Waals surface area contributed by atoms with Crippen LogP contribution in [-0.2, 0) is 9.84 Å². The molecule has 5 nitrogen and oxygen atoms in total. The Labute approximate surface area is 150 Å². The Bertz CT molecular complexity index is 1110. The molecule has 0 saturated carbocycles. The lowest BCUT2D eigenvalue weighted by Gasteiger charge is -2.04. The van der Waals surface area contributed by atoms with Crippen molar-refractivity contribution in [2.24, 2.45) is 0 Å². The van der Waals surface area contributed by atoms with E-state index in [4.69, 9.17) is 11.6 Å². The van der Waals surface area contributed by atoms with E-state index in [0.29, 0.717) is 22.3 Å². The number of sulfone groups is 1. The molecular weight excluding hydrogens is 394 g/mol. The molecule has 10 heteroatoms. The topological polar surface area (TPSA) is 76.1 Å². The van der Waals surface area contributed by atoms with Gasteiger partial charge in [-0.2, -0.15) is 0 Å². The first-order chi connectivity index (χ1) is 11.6. The third-order valence-corrected chi connectivity index (χ3v) is 5.62. The van der Waals surface area contributed by atoms with Gasteiger partial charge in [0.05, 0.1) is 25.7 Å². The zero-order valence-corrected chi connectivity index (χ0v) is 14.9. The second-order valence-corrected chi connectivity index (χ2v) is 8.57. The first-order valence-corrected chi connectivity index (χ1v) is 9.80. The largest absolute Gasteiger partial charge is 0.298 e. The lowest BCUT2D eigenvalue weighted by molar-refractivity contribution is 0.102. The average molecular weight is 403 g/mol. The maximum Gasteiger partial charge on any atom is 0.259 e. The van der Waals surface area contributed by atoms with Gasteiger partial charge in [-0.3, -0.25) is 10.1 Å². The molecule has 3 rings (SSSR count). The Morgan fingerprint density at radius 1 is 1.20 bits per heavy atom. The first-order valence-electron chi connectivity index (χ1n) is 6.71. The van der Waals surface area contributed by atoms with E-state index in [1.54, 1.807) is 0 Å². The molecule has 0 aliphatic carbocycles. The number of rotatable bonds is 3. The van der Waals surface area contributed by atoms with Crippen molar-refractivity contribution in [3.8, 4) is 0 Å². The van der Waals surface area contributed by atoms with Crippen LogP contribution in [0, 0.1) is 11.6 Å². The van der Waals surface area contributed by atoms with Crippen LogP contribution < -0.4 is 5.32 Å². The van der Waals surface area contributed by atoms with Crippen molar-refractivity contribution in [3.63, 3.8) is 0 Å². The number of thiazole rings is 1. The van der Waals surface area contributed by atoms with Crippen LogP contribution >= 0.6 is 22.9 Å². The predicted octanol–water partition coefficient (Wildman–Crippen LogP) is 3.88. The highest BCUT2D eigenvalue weighted by atomic mass is 35.5. The lowest BCUT2D eigenvalue weighted by atomic mass is 10.2. The summed E-state index contributed by atoms with van der Waals surface area (Å²) in [4.78, 5) is 16.5. The van der Waals surface area contributed by atoms with Crippen LogP contribution in [-0.4, -0.2) is 25.6 Å². The van der Waals surface area contributed by atoms with Gasteiger partial charge < -0.3 is 0 Å². The lowest BCUT2D eigenvalue weighted by Crippen LogP contribution is -2.13. The van der Waals surface area contributed by atoms with Crippen LogP contribution in [0.25, 0.3) is 10.2 Å². The van der Waals surface area contributed by atoms with Crippen LogP contribution in [0.15, 0.2) is 35.2 Å². The van der Waals surface area contributed by atoms with Crippen LogP contribution in [0.2, 0.25) is 5.02 Å². The van der Waals surface area contributed by atoms with Gasteiger partial charge in [0.25, 0.3) is 5.91 Å². The summed E-state index contributed by atoms with van der Waals surface area (Å²) in [5.41, 5.74) is 0.251. The van der Waals surface area contributed by atoms with E-state index in [2.05, 4.69) is 10.3 Å². The molecule has 25 heavy (non-hydrogen) atoms. The van der Waals surface area contributed by atoms with Crippen molar-refractivity contribution in [3.05, 3.63) is 52.6 Å². The molecule has 0 fully saturated rings. The minimum absolute atomic E-state index is 0.130. The third-order valence-electron chi connectivity index (χ3n) is 3.26. The maximum atomic E-state index is 13.3. The SMILES string of the molecule is CS(=O)(=O)c1ccc2nc(NC(=O)c3cc(F)c(F)cc3Cl)sc2c1. The van der Waals surface area contributed by atoms with E-state index < -0.39 is 27.4 Å². The second kappa shape index (κ2) is 6.32. The molecule has 2 aromatic carbocycles. The molecule has 0 atom stereocenters. The van der Waals surface area contributed by atoms with Gasteiger partial charge in [-0.25, -0.2) is 22.2 Å². The molecule has 0 bridgehead atoms. The van der Waals surface area contributed by atoms with E-state index in [9.17, 15) is 22.0 Å². The van der Waals surface area contributed by atoms with Gasteiger partial charge in [-0.15, -0.1) is 0 Å². The number of anilines is 1. The standard InChI is InChI=1S/C15H9ClF2N2O3S2/c1-25(22,23)7-2-3-12-13(4-7)24-15(19-12)20-14(21)8-5-10(17)11(18)6-9(8)16/h2-6H,1H3,(H,19,20,21). The fourth-order valence-electron chi connectivity index (χ4n) is 2.05. The Morgan fingerprint density at radius 3 is 2.56 bits per heavy atom. The number of benzene rings is 2. The average Bonchev–Trinajstić information content (AvgIpc) is 2.91. The molecule has 130 valence electrons. The number of hydrogen-bond acceptors (Lipinski definition) is 5. The number of carbonyl (C=O) groups excluding carboxylic acids is 1. The van der Waals surface area contributed by atoms with E-state index in [1.165, 1.54) is 18.2 Å². The van der Waals surface area contributed by atoms with Gasteiger partial charge in [-0.1, -0.05) is 22.9 Å². The van der Waals surface area contributed by atoms with Crippen molar-refractivity contribution >= 4 is 54.0 Å². The monoisotopic (exact) mass is 402 g/mol. The summed E-state index contributed by atoms with van der Waals surface area (Å²) in [5.74, 6) is -3.11. The highest BCUT2D eigenvalue weighted by Gasteiger charge is 2.17. The molecule has 1 N–H and O–H groups in total. The molecular formula is C15H9ClF2N2O3S2. The van der Waals surface area contributed by atoms with Crippen molar-refractivity contribution < 1.29 is 22.0 Å². The summed E-state index contributed by atoms with van der Waals surface area (Å²) in [7, 11) is -3.37. The molecule has 0 radical (unpaired) electrons. The summed E-state index contributed by atoms with van der Waals surface area (Å²) >= 11 is 6.81. The Hall–Kier alpha value is -2.10. The quantitative estimate of drug-likeness (QED) is 0.674. The number of hydrogen-bond donors (Lipinski definition) is 1. The molecule has 0 unspecified atom stereocenters. The summed E-state index contributed by atoms with van der Waals surface area (Å²) < 4.78 is 50.1. The summed E-state index contributed by atoms with van der Waals surface area (Å²) in [6.07, 6.45) is 1.09. The number of nitrogens with one attached hydrogen (secondary N) is 1. The molecule has 0 aliphatic heterocycles. The van der Waals surface area contributed by atoms with E-state index >= 15 is 0 Å². The fourth-order valence-corrected chi connectivity index (χ4v) is 3.91. The molecule has 1 aromatic heterocycles. The fraction of sp³-hybridized carbons (Fsp3) is 0.0667. The highest BCUT2D eigenvalue weighted by Crippen LogP contribution is 2.29. The number of aromatic nitrogens is 1. The summed E-state index contributed by atoms with van der Waals surface area (Å²) in [6, 6.07) is 5.78. The predicted molar refractivity (Wildman–Crippen MR) is 92.1 cm³/mol. The first kappa shape index (κ1) is 17.7. The van der Waals surface area contributed by atoms with Gasteiger partial charge in [0.2, 0.25) is 0 Å². The van der Waals surface area contributed by atoms with Gasteiger partial charge in [-0.05, 0) is 30.3 Å². The van der Waals surface area contributed by atoms with Crippen LogP contribution in [0.5, 0.6) is 0 Å². The van der Waals surface area contributed by atoms with E-state index in [0.717, 1.165) is 17.6 Å². The zero-order valence-electron chi connectivity index (χ0n) is 12.5. The zero-order chi connectivity index (χ0) is 18.4. The van der Waals surface area contributed by atoms with Crippen molar-refractivity contribution in [2.75, 3.05) is 11.6 Å². The molecule has 0 aliphatic rings. The van der Waals surface area contributed by atoms with Crippen molar-refractivity contribution in [1.29, 1.82) is 0 Å². The minimum Gasteiger partial charge on any atom is -0.298 e. The number of carbonyl (C=O) groups is 1. The summed E-state index contributed by atoms with van der Waals surface area (Å²) in [6.45, 7) is 0. The highest BCUT2D eigenvalue weighted by molar-refractivity contribution is 7.90. The Morgan fingerprint density at radius 2 is 1.88 bits per heavy atom. The van der Waals surface area contributed by atoms with E-state index in [-0.39, 0.29) is 20.6 Å². The minimum atomic E-state index is -3.37. The van der Waals surface area contributed by atoms with Crippen LogP contribution in [0.4, 0.5) is 13.9 Å². The molecule has 0 spiro atoms. The smallest absolute Gasteiger partial charge is 0.259 e. The number of amides is 1. The van der Waals surface area contributed by atoms with Crippen molar-refractivity contribution in [2.45, 2.75) is 4.90 Å². The third kappa shape index (κ3) is 3.63. The van der Waals surface area contributed by atoms with E-state index in [1.807, 2.05) is 0 Å². The van der Waals surface area contributed by atoms with Crippen molar-refractivity contribution in [1.82, 2.24) is 4.98 Å². The summed E-state index contributed by atoms with van der Waals surface area (Å²) in [5, 5.41) is 2.37. The Balaban J connectivity index is 1.93.